The van der Waals surface area contributed by atoms with Gasteiger partial charge in [0, 0.05) is 0 Å². The van der Waals surface area contributed by atoms with Crippen LogP contribution in [0.5, 0.6) is 0 Å². The molecule has 4 aromatic carbocycles. The van der Waals surface area contributed by atoms with Gasteiger partial charge in [-0.25, -0.2) is 0 Å². The van der Waals surface area contributed by atoms with E-state index in [2.05, 4.69) is 138 Å². The minimum absolute atomic E-state index is 0.127. The van der Waals surface area contributed by atoms with E-state index in [1.165, 1.54) is 92.5 Å². The van der Waals surface area contributed by atoms with Crippen LogP contribution in [0, 0.1) is 0 Å². The Morgan fingerprint density at radius 3 is 1.23 bits per heavy atom. The van der Waals surface area contributed by atoms with Crippen molar-refractivity contribution in [2.24, 2.45) is 0 Å². The van der Waals surface area contributed by atoms with E-state index in [9.17, 15) is 0 Å². The summed E-state index contributed by atoms with van der Waals surface area (Å²) in [6.45, 7) is 14.2. The molecule has 0 aromatic heterocycles. The monoisotopic (exact) mass is 825 g/mol. The molecule has 2 atom stereocenters. The zero-order chi connectivity index (χ0) is 36.9. The van der Waals surface area contributed by atoms with Crippen molar-refractivity contribution in [2.75, 3.05) is 0 Å². The van der Waals surface area contributed by atoms with Gasteiger partial charge in [0.05, 0.1) is 0 Å². The molecule has 4 aromatic rings. The molecule has 275 valence electrons. The normalized spacial score (nSPS) is 17.4. The molecular weight excluding hydrogens is 767 g/mol. The summed E-state index contributed by atoms with van der Waals surface area (Å²) < 4.78 is 0.254. The van der Waals surface area contributed by atoms with Crippen LogP contribution in [-0.4, -0.2) is 5.92 Å². The minimum atomic E-state index is -4.90. The Bertz CT molecular complexity index is 1800. The first-order valence-corrected chi connectivity index (χ1v) is 36.9. The van der Waals surface area contributed by atoms with E-state index >= 15 is 0 Å². The van der Waals surface area contributed by atoms with Gasteiger partial charge in [-0.1, -0.05) is 0 Å². The van der Waals surface area contributed by atoms with Crippen LogP contribution in [-0.2, 0) is 28.4 Å². The zero-order valence-electron chi connectivity index (χ0n) is 32.7. The molecular formula is C48H61Cl2SiZr. The maximum atomic E-state index is 8.90. The first-order chi connectivity index (χ1) is 25.2. The Morgan fingerprint density at radius 2 is 0.846 bits per heavy atom. The van der Waals surface area contributed by atoms with Gasteiger partial charge in [0.15, 0.2) is 0 Å². The van der Waals surface area contributed by atoms with Crippen molar-refractivity contribution in [3.05, 3.63) is 129 Å². The predicted molar refractivity (Wildman–Crippen MR) is 232 cm³/mol. The molecule has 0 bridgehead atoms. The Labute approximate surface area is 324 Å². The van der Waals surface area contributed by atoms with E-state index in [-0.39, 0.29) is 7.25 Å². The number of rotatable bonds is 17. The van der Waals surface area contributed by atoms with E-state index in [1.807, 2.05) is 0 Å². The van der Waals surface area contributed by atoms with Crippen molar-refractivity contribution in [1.82, 2.24) is 0 Å². The number of hydrogen-bond donors (Lipinski definition) is 0. The van der Waals surface area contributed by atoms with Crippen LogP contribution in [0.15, 0.2) is 96.1 Å². The van der Waals surface area contributed by atoms with E-state index in [1.54, 1.807) is 0 Å². The molecule has 6 rings (SSSR count). The van der Waals surface area contributed by atoms with Gasteiger partial charge in [-0.2, -0.15) is 0 Å². The molecule has 0 saturated carbocycles. The summed E-state index contributed by atoms with van der Waals surface area (Å²) in [5.41, 5.74) is 17.0. The topological polar surface area (TPSA) is 0 Å². The molecule has 0 nitrogen and oxygen atoms in total. The molecule has 0 radical (unpaired) electrons. The fourth-order valence-electron chi connectivity index (χ4n) is 9.47. The molecule has 4 heteroatoms. The quantitative estimate of drug-likeness (QED) is 0.0930. The standard InChI is InChI=1S/2C23H27.C2H7Si.2ClH.Zr/c2*1-3-5-10-18-16-20-13-9-15-22(23(20)17-18)21-14-8-7-12-19(21)11-6-4-2;1-3-2;;;/h2*7-9,12-17H,3-6,10-11H2,1-2H3;3H,1-2H3;2*1H;/q;;;;;+2/p-2. The molecule has 0 N–H and O–H groups in total. The molecule has 2 unspecified atom stereocenters. The average molecular weight is 828 g/mol. The molecule has 0 amide bonds. The zero-order valence-corrected chi connectivity index (χ0v) is 37.8. The second-order valence-electron chi connectivity index (χ2n) is 16.0. The molecule has 0 spiro atoms. The number of hydrogen-bond acceptors (Lipinski definition) is 0. The maximum absolute atomic E-state index is 8.90. The van der Waals surface area contributed by atoms with Crippen LogP contribution in [0.1, 0.15) is 133 Å². The third-order valence-electron chi connectivity index (χ3n) is 12.4. The van der Waals surface area contributed by atoms with Crippen LogP contribution in [0.25, 0.3) is 34.4 Å². The molecule has 0 heterocycles. The Hall–Kier alpha value is -1.96. The SMILES string of the molecule is CCCCC1=Cc2c(-c3ccccc3CCCC)cccc2[CH]1[Zr]([Cl])([Cl])([CH]1C(CCCC)=Cc2c(-c3ccccc3CCCC)cccc21)[SiH](C)C. The van der Waals surface area contributed by atoms with Gasteiger partial charge >= 0.3 is 327 Å². The Morgan fingerprint density at radius 1 is 0.481 bits per heavy atom. The van der Waals surface area contributed by atoms with Crippen molar-refractivity contribution in [3.8, 4) is 22.3 Å². The fraction of sp³-hybridized carbons (Fsp3) is 0.417. The third-order valence-corrected chi connectivity index (χ3v) is 64.2. The first-order valence-electron chi connectivity index (χ1n) is 20.6. The van der Waals surface area contributed by atoms with Crippen LogP contribution in [0.2, 0.25) is 13.1 Å². The van der Waals surface area contributed by atoms with Gasteiger partial charge in [0.2, 0.25) is 0 Å². The summed E-state index contributed by atoms with van der Waals surface area (Å²) in [6, 6.07) is 32.4. The van der Waals surface area contributed by atoms with Gasteiger partial charge in [0.1, 0.15) is 0 Å². The molecule has 2 aliphatic rings. The van der Waals surface area contributed by atoms with Crippen LogP contribution < -0.4 is 0 Å². The molecule has 0 saturated heterocycles. The number of allylic oxidation sites excluding steroid dienone is 2. The molecule has 0 fully saturated rings. The summed E-state index contributed by atoms with van der Waals surface area (Å²) in [5.74, 6) is -1.65. The van der Waals surface area contributed by atoms with Gasteiger partial charge < -0.3 is 0 Å². The van der Waals surface area contributed by atoms with Crippen molar-refractivity contribution in [2.45, 2.75) is 125 Å². The predicted octanol–water partition coefficient (Wildman–Crippen LogP) is 15.6. The Kier molecular flexibility index (Phi) is 13.2. The van der Waals surface area contributed by atoms with Gasteiger partial charge in [-0.3, -0.25) is 0 Å². The average Bonchev–Trinajstić information content (AvgIpc) is 3.74. The first kappa shape index (κ1) is 39.7. The van der Waals surface area contributed by atoms with Crippen molar-refractivity contribution in [3.63, 3.8) is 0 Å². The molecule has 0 aliphatic heterocycles. The van der Waals surface area contributed by atoms with Crippen molar-refractivity contribution >= 4 is 35.1 Å². The molecule has 52 heavy (non-hydrogen) atoms. The van der Waals surface area contributed by atoms with Gasteiger partial charge in [-0.15, -0.1) is 0 Å². The van der Waals surface area contributed by atoms with E-state index < -0.39 is 21.5 Å². The van der Waals surface area contributed by atoms with Crippen molar-refractivity contribution in [1.29, 1.82) is 0 Å². The second-order valence-corrected chi connectivity index (χ2v) is 58.5. The van der Waals surface area contributed by atoms with Crippen molar-refractivity contribution < 1.29 is 15.6 Å². The van der Waals surface area contributed by atoms with Crippen LogP contribution >= 0.6 is 17.0 Å². The number of fused-ring (bicyclic) bond motifs is 2. The van der Waals surface area contributed by atoms with E-state index in [0.717, 1.165) is 51.4 Å². The van der Waals surface area contributed by atoms with E-state index in [4.69, 9.17) is 17.0 Å². The number of halogens is 2. The molecule has 2 aliphatic carbocycles. The summed E-state index contributed by atoms with van der Waals surface area (Å²) in [7, 11) is 17.8. The summed E-state index contributed by atoms with van der Waals surface area (Å²) in [6.07, 6.45) is 18.9. The summed E-state index contributed by atoms with van der Waals surface area (Å²) in [4.78, 5) is 0. The number of benzene rings is 4. The summed E-state index contributed by atoms with van der Waals surface area (Å²) >= 11 is -4.90. The Balaban J connectivity index is 1.58. The van der Waals surface area contributed by atoms with Crippen LogP contribution in [0.3, 0.4) is 0 Å². The van der Waals surface area contributed by atoms with Crippen LogP contribution in [0.4, 0.5) is 0 Å². The fourth-order valence-corrected chi connectivity index (χ4v) is 41.0. The van der Waals surface area contributed by atoms with Gasteiger partial charge in [-0.05, 0) is 0 Å². The number of aryl methyl sites for hydroxylation is 2. The van der Waals surface area contributed by atoms with E-state index in [0.29, 0.717) is 0 Å². The number of unbranched alkanes of at least 4 members (excludes halogenated alkanes) is 4. The summed E-state index contributed by atoms with van der Waals surface area (Å²) in [5, 5.41) is 0. The third kappa shape index (κ3) is 7.38. The second kappa shape index (κ2) is 17.2. The van der Waals surface area contributed by atoms with Gasteiger partial charge in [0.25, 0.3) is 0 Å².